The van der Waals surface area contributed by atoms with Gasteiger partial charge in [0.1, 0.15) is 11.8 Å². The van der Waals surface area contributed by atoms with Crippen LogP contribution in [0.1, 0.15) is 35.4 Å². The topological polar surface area (TPSA) is 67.2 Å². The molecule has 0 saturated carbocycles. The van der Waals surface area contributed by atoms with Gasteiger partial charge < -0.3 is 9.84 Å². The molecule has 28 heavy (non-hydrogen) atoms. The monoisotopic (exact) mass is 413 g/mol. The first-order valence-electron chi connectivity index (χ1n) is 9.07. The zero-order chi connectivity index (χ0) is 19.5. The number of aryl methyl sites for hydroxylation is 1. The number of halogens is 1. The van der Waals surface area contributed by atoms with E-state index in [1.165, 1.54) is 4.90 Å². The van der Waals surface area contributed by atoms with Crippen molar-refractivity contribution in [3.8, 4) is 0 Å². The fourth-order valence-corrected chi connectivity index (χ4v) is 4.62. The van der Waals surface area contributed by atoms with E-state index in [1.54, 1.807) is 13.0 Å². The Kier molecular flexibility index (Phi) is 5.71. The van der Waals surface area contributed by atoms with Gasteiger partial charge in [-0.3, -0.25) is 10.1 Å². The highest BCUT2D eigenvalue weighted by Crippen LogP contribution is 2.38. The minimum Gasteiger partial charge on any atom is -0.360 e. The molecule has 1 aliphatic heterocycles. The molecular formula is C21H20ClN3O2S. The standard InChI is InChI=1S/C21H20ClN3O2S/c1-13-11-19(25-27-13)24-21(26)20(14-5-3-2-4-6-14)23-17-9-10-28-18-8-7-15(22)12-16(17)18/h2-8,11-12,17,20,23H,9-10H2,1H3,(H,24,25,26)/t17-,20+/m0/s1. The van der Waals surface area contributed by atoms with Gasteiger partial charge in [0.15, 0.2) is 5.82 Å². The number of carbonyl (C=O) groups excluding carboxylic acids is 1. The highest BCUT2D eigenvalue weighted by atomic mass is 35.5. The highest BCUT2D eigenvalue weighted by Gasteiger charge is 2.28. The van der Waals surface area contributed by atoms with E-state index in [2.05, 4.69) is 15.8 Å². The summed E-state index contributed by atoms with van der Waals surface area (Å²) in [5.41, 5.74) is 2.02. The number of carbonyl (C=O) groups is 1. The minimum atomic E-state index is -0.530. The summed E-state index contributed by atoms with van der Waals surface area (Å²) in [6, 6.07) is 16.8. The smallest absolute Gasteiger partial charge is 0.247 e. The Hall–Kier alpha value is -2.28. The third-order valence-electron chi connectivity index (χ3n) is 4.65. The Morgan fingerprint density at radius 2 is 2.07 bits per heavy atom. The lowest BCUT2D eigenvalue weighted by atomic mass is 9.99. The van der Waals surface area contributed by atoms with Crippen molar-refractivity contribution in [2.24, 2.45) is 0 Å². The van der Waals surface area contributed by atoms with E-state index < -0.39 is 6.04 Å². The molecule has 0 aliphatic carbocycles. The quantitative estimate of drug-likeness (QED) is 0.606. The summed E-state index contributed by atoms with van der Waals surface area (Å²) in [5.74, 6) is 1.86. The number of fused-ring (bicyclic) bond motifs is 1. The Bertz CT molecular complexity index is 977. The van der Waals surface area contributed by atoms with Gasteiger partial charge in [-0.15, -0.1) is 11.8 Å². The van der Waals surface area contributed by atoms with Crippen molar-refractivity contribution in [2.45, 2.75) is 30.3 Å². The molecule has 3 aromatic rings. The van der Waals surface area contributed by atoms with Crippen molar-refractivity contribution >= 4 is 35.1 Å². The van der Waals surface area contributed by atoms with E-state index in [1.807, 2.05) is 60.3 Å². The molecule has 0 fully saturated rings. The van der Waals surface area contributed by atoms with E-state index in [0.717, 1.165) is 23.3 Å². The number of rotatable bonds is 5. The summed E-state index contributed by atoms with van der Waals surface area (Å²) in [7, 11) is 0. The summed E-state index contributed by atoms with van der Waals surface area (Å²) < 4.78 is 5.06. The molecular weight excluding hydrogens is 394 g/mol. The van der Waals surface area contributed by atoms with Crippen LogP contribution >= 0.6 is 23.4 Å². The zero-order valence-electron chi connectivity index (χ0n) is 15.3. The van der Waals surface area contributed by atoms with Gasteiger partial charge in [-0.25, -0.2) is 0 Å². The molecule has 0 unspecified atom stereocenters. The number of aromatic nitrogens is 1. The van der Waals surface area contributed by atoms with Crippen molar-refractivity contribution in [1.29, 1.82) is 0 Å². The largest absolute Gasteiger partial charge is 0.360 e. The molecule has 0 spiro atoms. The van der Waals surface area contributed by atoms with Gasteiger partial charge in [-0.2, -0.15) is 0 Å². The first-order chi connectivity index (χ1) is 13.6. The number of hydrogen-bond acceptors (Lipinski definition) is 5. The second-order valence-corrected chi connectivity index (χ2v) is 8.27. The van der Waals surface area contributed by atoms with Crippen LogP contribution < -0.4 is 10.6 Å². The van der Waals surface area contributed by atoms with Crippen LogP contribution in [0.4, 0.5) is 5.82 Å². The molecule has 0 saturated heterocycles. The van der Waals surface area contributed by atoms with Gasteiger partial charge in [0, 0.05) is 22.0 Å². The van der Waals surface area contributed by atoms with Crippen LogP contribution in [0.5, 0.6) is 0 Å². The molecule has 7 heteroatoms. The molecule has 1 aromatic heterocycles. The van der Waals surface area contributed by atoms with Crippen LogP contribution in [0.15, 0.2) is 64.0 Å². The highest BCUT2D eigenvalue weighted by molar-refractivity contribution is 7.99. The van der Waals surface area contributed by atoms with Crippen molar-refractivity contribution in [1.82, 2.24) is 10.5 Å². The lowest BCUT2D eigenvalue weighted by Gasteiger charge is -2.30. The number of nitrogens with one attached hydrogen (secondary N) is 2. The van der Waals surface area contributed by atoms with E-state index >= 15 is 0 Å². The first kappa shape index (κ1) is 19.1. The molecule has 2 heterocycles. The van der Waals surface area contributed by atoms with Gasteiger partial charge in [0.25, 0.3) is 0 Å². The lowest BCUT2D eigenvalue weighted by Crippen LogP contribution is -2.36. The van der Waals surface area contributed by atoms with Gasteiger partial charge >= 0.3 is 0 Å². The Balaban J connectivity index is 1.62. The molecule has 2 N–H and O–H groups in total. The van der Waals surface area contributed by atoms with Crippen LogP contribution in [0, 0.1) is 6.92 Å². The third-order valence-corrected chi connectivity index (χ3v) is 6.01. The number of anilines is 1. The number of amides is 1. The summed E-state index contributed by atoms with van der Waals surface area (Å²) >= 11 is 8.05. The second-order valence-electron chi connectivity index (χ2n) is 6.69. The molecule has 5 nitrogen and oxygen atoms in total. The van der Waals surface area contributed by atoms with Crippen molar-refractivity contribution in [2.75, 3.05) is 11.1 Å². The molecule has 0 radical (unpaired) electrons. The second kappa shape index (κ2) is 8.39. The number of benzene rings is 2. The van der Waals surface area contributed by atoms with Crippen molar-refractivity contribution in [3.63, 3.8) is 0 Å². The van der Waals surface area contributed by atoms with E-state index in [4.69, 9.17) is 16.1 Å². The molecule has 1 aliphatic rings. The maximum absolute atomic E-state index is 13.1. The SMILES string of the molecule is Cc1cc(NC(=O)[C@H](N[C@H]2CCSc3ccc(Cl)cc32)c2ccccc2)no1. The molecule has 144 valence electrons. The van der Waals surface area contributed by atoms with Crippen LogP contribution in [0.3, 0.4) is 0 Å². The minimum absolute atomic E-state index is 0.0324. The molecule has 4 rings (SSSR count). The van der Waals surface area contributed by atoms with Crippen LogP contribution in [-0.4, -0.2) is 16.8 Å². The van der Waals surface area contributed by atoms with Crippen molar-refractivity contribution in [3.05, 3.63) is 76.5 Å². The number of thioether (sulfide) groups is 1. The van der Waals surface area contributed by atoms with E-state index in [0.29, 0.717) is 16.6 Å². The molecule has 0 bridgehead atoms. The number of nitrogens with zero attached hydrogens (tertiary/aromatic N) is 1. The lowest BCUT2D eigenvalue weighted by molar-refractivity contribution is -0.118. The fraction of sp³-hybridized carbons (Fsp3) is 0.238. The molecule has 2 aromatic carbocycles. The fourth-order valence-electron chi connectivity index (χ4n) is 3.33. The van der Waals surface area contributed by atoms with E-state index in [9.17, 15) is 4.79 Å². The predicted molar refractivity (Wildman–Crippen MR) is 112 cm³/mol. The molecule has 2 atom stereocenters. The zero-order valence-corrected chi connectivity index (χ0v) is 16.9. The Morgan fingerprint density at radius 1 is 1.25 bits per heavy atom. The van der Waals surface area contributed by atoms with Crippen molar-refractivity contribution < 1.29 is 9.32 Å². The average Bonchev–Trinajstić information content (AvgIpc) is 3.11. The maximum atomic E-state index is 13.1. The van der Waals surface area contributed by atoms with Crippen LogP contribution in [0.25, 0.3) is 0 Å². The van der Waals surface area contributed by atoms with Gasteiger partial charge in [0.05, 0.1) is 0 Å². The Labute approximate surface area is 172 Å². The summed E-state index contributed by atoms with van der Waals surface area (Å²) in [4.78, 5) is 14.3. The summed E-state index contributed by atoms with van der Waals surface area (Å²) in [6.45, 7) is 1.79. The normalized spacial score (nSPS) is 17.0. The maximum Gasteiger partial charge on any atom is 0.247 e. The van der Waals surface area contributed by atoms with Crippen LogP contribution in [0.2, 0.25) is 5.02 Å². The Morgan fingerprint density at radius 3 is 2.82 bits per heavy atom. The first-order valence-corrected chi connectivity index (χ1v) is 10.4. The van der Waals surface area contributed by atoms with Gasteiger partial charge in [-0.1, -0.05) is 47.1 Å². The molecule has 1 amide bonds. The van der Waals surface area contributed by atoms with Gasteiger partial charge in [-0.05, 0) is 48.4 Å². The average molecular weight is 414 g/mol. The summed E-state index contributed by atoms with van der Waals surface area (Å²) in [6.07, 6.45) is 0.914. The predicted octanol–water partition coefficient (Wildman–Crippen LogP) is 5.14. The third kappa shape index (κ3) is 4.24. The van der Waals surface area contributed by atoms with E-state index in [-0.39, 0.29) is 11.9 Å². The summed E-state index contributed by atoms with van der Waals surface area (Å²) in [5, 5.41) is 11.0. The van der Waals surface area contributed by atoms with Gasteiger partial charge in [0.2, 0.25) is 5.91 Å². The van der Waals surface area contributed by atoms with Crippen LogP contribution in [-0.2, 0) is 4.79 Å². The number of hydrogen-bond donors (Lipinski definition) is 2.